The van der Waals surface area contributed by atoms with Crippen LogP contribution < -0.4 is 5.43 Å². The van der Waals surface area contributed by atoms with Crippen molar-refractivity contribution in [3.8, 4) is 0 Å². The van der Waals surface area contributed by atoms with Gasteiger partial charge in [-0.2, -0.15) is 5.10 Å². The summed E-state index contributed by atoms with van der Waals surface area (Å²) in [6.45, 7) is 8.64. The number of carbonyl (C=O) groups excluding carboxylic acids is 1. The molecule has 0 bridgehead atoms. The average Bonchev–Trinajstić information content (AvgIpc) is 3.56. The normalized spacial score (nSPS) is 22.0. The Kier molecular flexibility index (Phi) is 8.61. The third-order valence-electron chi connectivity index (χ3n) is 8.04. The van der Waals surface area contributed by atoms with Gasteiger partial charge in [-0.15, -0.1) is 0 Å². The molecule has 44 heavy (non-hydrogen) atoms. The fourth-order valence-corrected chi connectivity index (χ4v) is 6.24. The molecule has 1 aliphatic carbocycles. The number of imidazole rings is 1. The van der Waals surface area contributed by atoms with Crippen molar-refractivity contribution in [3.05, 3.63) is 111 Å². The molecule has 0 amide bonds. The quantitative estimate of drug-likeness (QED) is 0.261. The van der Waals surface area contributed by atoms with E-state index in [2.05, 4.69) is 69.3 Å². The second-order valence-corrected chi connectivity index (χ2v) is 13.4. The summed E-state index contributed by atoms with van der Waals surface area (Å²) in [5, 5.41) is 16.1. The van der Waals surface area contributed by atoms with Crippen molar-refractivity contribution in [2.45, 2.75) is 77.9 Å². The van der Waals surface area contributed by atoms with Crippen LogP contribution in [0.1, 0.15) is 54.7 Å². The molecule has 1 aromatic heterocycles. The number of allylic oxidation sites excluding steroid dienone is 2. The van der Waals surface area contributed by atoms with Crippen LogP contribution in [0.3, 0.4) is 0 Å². The van der Waals surface area contributed by atoms with Gasteiger partial charge in [-0.25, -0.2) is 9.88 Å². The van der Waals surface area contributed by atoms with Crippen LogP contribution in [0.4, 0.5) is 0 Å². The van der Waals surface area contributed by atoms with Crippen molar-refractivity contribution in [3.63, 3.8) is 0 Å². The van der Waals surface area contributed by atoms with E-state index in [4.69, 9.17) is 19.6 Å². The highest BCUT2D eigenvalue weighted by atomic mass is 79.9. The molecule has 0 saturated heterocycles. The molecule has 4 atom stereocenters. The highest BCUT2D eigenvalue weighted by Gasteiger charge is 2.42. The minimum absolute atomic E-state index is 0.00877. The maximum absolute atomic E-state index is 13.6. The zero-order chi connectivity index (χ0) is 31.0. The Morgan fingerprint density at radius 3 is 2.61 bits per heavy atom. The summed E-state index contributed by atoms with van der Waals surface area (Å²) in [7, 11) is 0. The smallest absolute Gasteiger partial charge is 0.324 e. The zero-order valence-corrected chi connectivity index (χ0v) is 27.0. The number of benzene rings is 2. The Bertz CT molecular complexity index is 1610. The molecular formula is C34H38BrN5O4. The Balaban J connectivity index is 1.37. The Morgan fingerprint density at radius 1 is 1.14 bits per heavy atom. The van der Waals surface area contributed by atoms with Gasteiger partial charge in [0.05, 0.1) is 28.9 Å². The number of esters is 1. The molecule has 2 aromatic carbocycles. The van der Waals surface area contributed by atoms with Gasteiger partial charge < -0.3 is 24.6 Å². The molecule has 0 spiro atoms. The minimum atomic E-state index is -1.33. The van der Waals surface area contributed by atoms with Crippen LogP contribution in [0.25, 0.3) is 0 Å². The number of fused-ring (bicyclic) bond motifs is 2. The number of halogens is 1. The van der Waals surface area contributed by atoms with E-state index in [1.807, 2.05) is 57.2 Å². The first-order valence-electron chi connectivity index (χ1n) is 14.9. The number of hydrogen-bond acceptors (Lipinski definition) is 8. The van der Waals surface area contributed by atoms with E-state index in [0.29, 0.717) is 6.54 Å². The summed E-state index contributed by atoms with van der Waals surface area (Å²) in [6, 6.07) is 17.2. The number of rotatable bonds is 8. The molecule has 10 heteroatoms. The number of ether oxygens (including phenoxy) is 2. The number of nitrogens with zero attached hydrogens (tertiary/aromatic N) is 4. The summed E-state index contributed by atoms with van der Waals surface area (Å²) < 4.78 is 14.9. The molecular weight excluding hydrogens is 622 g/mol. The van der Waals surface area contributed by atoms with Gasteiger partial charge in [-0.3, -0.25) is 4.79 Å². The molecule has 230 valence electrons. The van der Waals surface area contributed by atoms with Crippen molar-refractivity contribution in [2.24, 2.45) is 11.0 Å². The molecule has 3 heterocycles. The van der Waals surface area contributed by atoms with Gasteiger partial charge in [0.2, 0.25) is 6.41 Å². The summed E-state index contributed by atoms with van der Waals surface area (Å²) in [5.74, 6) is 0.321. The Hall–Kier alpha value is -3.57. The van der Waals surface area contributed by atoms with E-state index in [0.717, 1.165) is 38.5 Å². The maximum Gasteiger partial charge on any atom is 0.324 e. The van der Waals surface area contributed by atoms with Crippen LogP contribution in [0.15, 0.2) is 82.4 Å². The van der Waals surface area contributed by atoms with Crippen LogP contribution >= 0.6 is 15.9 Å². The fraction of sp³-hybridized carbons (Fsp3) is 0.382. The van der Waals surface area contributed by atoms with Crippen molar-refractivity contribution in [1.29, 1.82) is 0 Å². The van der Waals surface area contributed by atoms with E-state index in [-0.39, 0.29) is 31.5 Å². The van der Waals surface area contributed by atoms with E-state index in [1.165, 1.54) is 5.56 Å². The number of aromatic nitrogens is 2. The van der Waals surface area contributed by atoms with Gasteiger partial charge in [0.15, 0.2) is 5.82 Å². The van der Waals surface area contributed by atoms with Gasteiger partial charge in [0.25, 0.3) is 0 Å². The number of nitrogens with one attached hydrogen (secondary N) is 1. The molecule has 3 unspecified atom stereocenters. The Morgan fingerprint density at radius 2 is 1.89 bits per heavy atom. The first kappa shape index (κ1) is 30.5. The average molecular weight is 661 g/mol. The van der Waals surface area contributed by atoms with E-state index < -0.39 is 24.0 Å². The maximum atomic E-state index is 13.6. The highest BCUT2D eigenvalue weighted by Crippen LogP contribution is 2.33. The summed E-state index contributed by atoms with van der Waals surface area (Å²) in [5.41, 5.74) is 8.35. The summed E-state index contributed by atoms with van der Waals surface area (Å²) >= 11 is 3.58. The second kappa shape index (κ2) is 12.4. The van der Waals surface area contributed by atoms with Crippen molar-refractivity contribution < 1.29 is 19.4 Å². The van der Waals surface area contributed by atoms with Gasteiger partial charge in [-0.1, -0.05) is 88.2 Å². The molecule has 2 aliphatic heterocycles. The van der Waals surface area contributed by atoms with Gasteiger partial charge >= 0.3 is 5.97 Å². The van der Waals surface area contributed by atoms with E-state index >= 15 is 0 Å². The lowest BCUT2D eigenvalue weighted by molar-refractivity contribution is -0.254. The number of hydrogen-bond donors (Lipinski definition) is 2. The van der Waals surface area contributed by atoms with Crippen molar-refractivity contribution >= 4 is 27.6 Å². The molecule has 2 N–H and O–H groups in total. The lowest BCUT2D eigenvalue weighted by atomic mass is 9.92. The highest BCUT2D eigenvalue weighted by molar-refractivity contribution is 9.11. The number of aliphatic hydroxyl groups is 1. The first-order chi connectivity index (χ1) is 21.1. The van der Waals surface area contributed by atoms with Crippen molar-refractivity contribution in [1.82, 2.24) is 19.9 Å². The number of aryl methyl sites for hydroxylation is 1. The predicted octanol–water partition coefficient (Wildman–Crippen LogP) is 4.94. The van der Waals surface area contributed by atoms with Crippen LogP contribution in [0.5, 0.6) is 0 Å². The second-order valence-electron chi connectivity index (χ2n) is 12.5. The van der Waals surface area contributed by atoms with Crippen LogP contribution in [-0.2, 0) is 40.4 Å². The van der Waals surface area contributed by atoms with Gasteiger partial charge in [-0.05, 0) is 44.9 Å². The summed E-state index contributed by atoms with van der Waals surface area (Å²) in [6.07, 6.45) is 5.21. The lowest BCUT2D eigenvalue weighted by Crippen LogP contribution is -2.53. The van der Waals surface area contributed by atoms with Crippen LogP contribution in [0, 0.1) is 12.8 Å². The van der Waals surface area contributed by atoms with Gasteiger partial charge in [0.1, 0.15) is 18.4 Å². The molecule has 0 radical (unpaired) electrons. The molecule has 3 aliphatic rings. The van der Waals surface area contributed by atoms with E-state index in [1.54, 1.807) is 4.90 Å². The molecule has 9 nitrogen and oxygen atoms in total. The predicted molar refractivity (Wildman–Crippen MR) is 172 cm³/mol. The van der Waals surface area contributed by atoms with Crippen LogP contribution in [0.2, 0.25) is 0 Å². The molecule has 3 aromatic rings. The zero-order valence-electron chi connectivity index (χ0n) is 25.4. The van der Waals surface area contributed by atoms with E-state index in [9.17, 15) is 9.90 Å². The van der Waals surface area contributed by atoms with Crippen molar-refractivity contribution in [2.75, 3.05) is 0 Å². The van der Waals surface area contributed by atoms with Gasteiger partial charge in [0, 0.05) is 24.0 Å². The standard InChI is InChI=1S/C34H38BrN5O4/c1-21-10-12-22(13-11-21)18-39-29-19-40(33(42)44-34(2,3)4)28(32(41)43-20-23-8-6-5-7-9-23)17-27(29)36-31(39)30-25-15-14-24(35)16-26(25)37-38-30/h5-16,25-26,28,33,37,42H,17-20H2,1-4H3/t25?,26?,28-,33?/m0/s1. The molecule has 0 fully saturated rings. The third-order valence-corrected chi connectivity index (χ3v) is 8.57. The Labute approximate surface area is 266 Å². The number of aliphatic hydroxyl groups excluding tert-OH is 1. The lowest BCUT2D eigenvalue weighted by Gasteiger charge is -2.39. The molecule has 0 saturated carbocycles. The van der Waals surface area contributed by atoms with Crippen LogP contribution in [-0.4, -0.2) is 55.3 Å². The third kappa shape index (κ3) is 6.58. The minimum Gasteiger partial charge on any atom is -0.460 e. The number of hydrazone groups is 1. The topological polar surface area (TPSA) is 101 Å². The monoisotopic (exact) mass is 659 g/mol. The molecule has 6 rings (SSSR count). The first-order valence-corrected chi connectivity index (χ1v) is 15.7. The SMILES string of the molecule is Cc1ccc(Cn2c(C3=NNC4C=C(Br)C=CC34)nc3c2CN(C(O)OC(C)(C)C)[C@H](C(=O)OCc2ccccc2)C3)cc1. The largest absolute Gasteiger partial charge is 0.460 e. The fourth-order valence-electron chi connectivity index (χ4n) is 5.80. The summed E-state index contributed by atoms with van der Waals surface area (Å²) in [4.78, 5) is 20.5. The number of carbonyl (C=O) groups is 1.